The summed E-state index contributed by atoms with van der Waals surface area (Å²) in [5, 5.41) is 13.9. The Morgan fingerprint density at radius 1 is 0.720 bits per heavy atom. The number of carbonyl (C=O) groups excluding carboxylic acids is 4. The number of aliphatic carboxylic acids is 1. The number of sulfonamides is 1. The molecule has 0 aliphatic rings. The van der Waals surface area contributed by atoms with E-state index >= 15 is 0 Å². The first-order chi connectivity index (χ1) is 23.8. The molecule has 50 heavy (non-hydrogen) atoms. The van der Waals surface area contributed by atoms with Gasteiger partial charge in [0.25, 0.3) is 0 Å². The lowest BCUT2D eigenvalue weighted by molar-refractivity contribution is -0.152. The zero-order chi connectivity index (χ0) is 36.5. The Morgan fingerprint density at radius 2 is 1.18 bits per heavy atom. The number of alkyl carbamates (subject to hydrolysis) is 2. The Labute approximate surface area is 287 Å². The van der Waals surface area contributed by atoms with Crippen LogP contribution >= 0.6 is 0 Å². The van der Waals surface area contributed by atoms with E-state index in [0.717, 1.165) is 5.56 Å². The summed E-state index contributed by atoms with van der Waals surface area (Å²) in [6.07, 6.45) is -3.10. The smallest absolute Gasteiger partial charge is 0.416 e. The van der Waals surface area contributed by atoms with Crippen molar-refractivity contribution in [1.82, 2.24) is 15.4 Å². The van der Waals surface area contributed by atoms with Crippen molar-refractivity contribution >= 4 is 46.1 Å². The summed E-state index contributed by atoms with van der Waals surface area (Å²) in [5.41, 5.74) is 2.13. The summed E-state index contributed by atoms with van der Waals surface area (Å²) in [6, 6.07) is 20.3. The van der Waals surface area contributed by atoms with E-state index in [2.05, 4.69) is 20.3 Å². The van der Waals surface area contributed by atoms with Gasteiger partial charge in [-0.1, -0.05) is 78.4 Å². The molecule has 3 aromatic carbocycles. The van der Waals surface area contributed by atoms with Crippen LogP contribution in [0.4, 0.5) is 9.59 Å². The quantitative estimate of drug-likeness (QED) is 0.0773. The molecule has 17 heteroatoms. The zero-order valence-electron chi connectivity index (χ0n) is 27.1. The highest BCUT2D eigenvalue weighted by atomic mass is 32.2. The summed E-state index contributed by atoms with van der Waals surface area (Å²) in [4.78, 5) is 65.0. The van der Waals surface area contributed by atoms with Crippen molar-refractivity contribution in [2.24, 2.45) is 4.99 Å². The fourth-order valence-corrected chi connectivity index (χ4v) is 5.27. The molecule has 0 aliphatic heterocycles. The summed E-state index contributed by atoms with van der Waals surface area (Å²) >= 11 is 0. The van der Waals surface area contributed by atoms with Crippen LogP contribution in [0.25, 0.3) is 0 Å². The molecule has 3 aromatic rings. The molecule has 3 rings (SSSR count). The molecule has 2 amide bonds. The highest BCUT2D eigenvalue weighted by Gasteiger charge is 2.27. The fourth-order valence-electron chi connectivity index (χ4n) is 4.07. The van der Waals surface area contributed by atoms with Gasteiger partial charge in [-0.2, -0.15) is 4.72 Å². The number of rotatable bonds is 15. The summed E-state index contributed by atoms with van der Waals surface area (Å²) < 4.78 is 47.2. The molecular formula is C33H36N4O12S. The topological polar surface area (TPSA) is 225 Å². The second-order valence-electron chi connectivity index (χ2n) is 10.6. The van der Waals surface area contributed by atoms with Crippen molar-refractivity contribution in [3.63, 3.8) is 0 Å². The summed E-state index contributed by atoms with van der Waals surface area (Å²) in [5.74, 6) is -3.51. The van der Waals surface area contributed by atoms with Crippen LogP contribution in [0.5, 0.6) is 0 Å². The van der Waals surface area contributed by atoms with Crippen molar-refractivity contribution in [2.45, 2.75) is 50.1 Å². The van der Waals surface area contributed by atoms with Gasteiger partial charge in [-0.05, 0) is 43.5 Å². The SMILES string of the molecule is Cc1ccc(S(=O)(=O)NC(CC(C)N=C(NC(=O)OCOC(=O)Cc2ccccc2)NC(=O)OCOC(=O)Cc2ccccc2)C(=O)O)cc1. The first kappa shape index (κ1) is 38.6. The number of benzene rings is 3. The number of guanidine groups is 1. The number of aryl methyl sites for hydroxylation is 1. The molecule has 0 bridgehead atoms. The lowest BCUT2D eigenvalue weighted by Crippen LogP contribution is -2.46. The van der Waals surface area contributed by atoms with E-state index in [1.807, 2.05) is 0 Å². The Balaban J connectivity index is 1.63. The van der Waals surface area contributed by atoms with E-state index in [1.54, 1.807) is 79.7 Å². The van der Waals surface area contributed by atoms with Crippen molar-refractivity contribution in [2.75, 3.05) is 13.6 Å². The molecule has 0 saturated heterocycles. The largest absolute Gasteiger partial charge is 0.480 e. The molecule has 2 unspecified atom stereocenters. The van der Waals surface area contributed by atoms with E-state index in [-0.39, 0.29) is 17.7 Å². The zero-order valence-corrected chi connectivity index (χ0v) is 27.9. The van der Waals surface area contributed by atoms with Crippen LogP contribution < -0.4 is 15.4 Å². The second-order valence-corrected chi connectivity index (χ2v) is 12.3. The van der Waals surface area contributed by atoms with Crippen molar-refractivity contribution in [1.29, 1.82) is 0 Å². The molecule has 0 aliphatic carbocycles. The Hall–Kier alpha value is -5.81. The molecule has 0 spiro atoms. The maximum Gasteiger partial charge on any atom is 0.416 e. The summed E-state index contributed by atoms with van der Waals surface area (Å²) in [7, 11) is -4.25. The van der Waals surface area contributed by atoms with Crippen LogP contribution in [0.15, 0.2) is 94.8 Å². The van der Waals surface area contributed by atoms with Crippen molar-refractivity contribution in [3.05, 3.63) is 102 Å². The highest BCUT2D eigenvalue weighted by Crippen LogP contribution is 2.13. The molecule has 4 N–H and O–H groups in total. The van der Waals surface area contributed by atoms with Gasteiger partial charge in [0.05, 0.1) is 23.8 Å². The summed E-state index contributed by atoms with van der Waals surface area (Å²) in [6.45, 7) is 1.53. The lowest BCUT2D eigenvalue weighted by Gasteiger charge is -2.18. The number of nitrogens with zero attached hydrogens (tertiary/aromatic N) is 1. The van der Waals surface area contributed by atoms with Gasteiger partial charge in [0.15, 0.2) is 0 Å². The minimum absolute atomic E-state index is 0.0855. The third-order valence-corrected chi connectivity index (χ3v) is 7.98. The van der Waals surface area contributed by atoms with Gasteiger partial charge in [0.1, 0.15) is 6.04 Å². The Kier molecular flexibility index (Phi) is 14.9. The van der Waals surface area contributed by atoms with Gasteiger partial charge in [0.2, 0.25) is 29.6 Å². The fraction of sp³-hybridized carbons (Fsp3) is 0.273. The maximum absolute atomic E-state index is 12.8. The van der Waals surface area contributed by atoms with Crippen LogP contribution in [-0.2, 0) is 56.2 Å². The van der Waals surface area contributed by atoms with Crippen molar-refractivity contribution < 1.29 is 56.4 Å². The van der Waals surface area contributed by atoms with E-state index < -0.39 is 78.2 Å². The predicted octanol–water partition coefficient (Wildman–Crippen LogP) is 2.80. The molecule has 266 valence electrons. The minimum atomic E-state index is -4.25. The van der Waals surface area contributed by atoms with Crippen LogP contribution in [0, 0.1) is 6.92 Å². The van der Waals surface area contributed by atoms with E-state index in [4.69, 9.17) is 18.9 Å². The number of aliphatic imine (C=N–C) groups is 1. The first-order valence-corrected chi connectivity index (χ1v) is 16.5. The van der Waals surface area contributed by atoms with E-state index in [1.165, 1.54) is 19.1 Å². The number of hydrogen-bond donors (Lipinski definition) is 4. The van der Waals surface area contributed by atoms with E-state index in [9.17, 15) is 37.5 Å². The number of carboxylic acid groups (broad SMARTS) is 1. The Bertz CT molecular complexity index is 1680. The average Bonchev–Trinajstić information content (AvgIpc) is 3.05. The van der Waals surface area contributed by atoms with Crippen LogP contribution in [-0.4, -0.2) is 75.2 Å². The third-order valence-electron chi connectivity index (χ3n) is 6.50. The molecule has 16 nitrogen and oxygen atoms in total. The first-order valence-electron chi connectivity index (χ1n) is 15.0. The number of amides is 2. The molecule has 0 heterocycles. The highest BCUT2D eigenvalue weighted by molar-refractivity contribution is 7.89. The van der Waals surface area contributed by atoms with Gasteiger partial charge in [0, 0.05) is 0 Å². The number of carboxylic acids is 1. The molecule has 0 radical (unpaired) electrons. The minimum Gasteiger partial charge on any atom is -0.480 e. The average molecular weight is 713 g/mol. The molecule has 0 fully saturated rings. The number of carbonyl (C=O) groups is 5. The number of ether oxygens (including phenoxy) is 4. The van der Waals surface area contributed by atoms with Gasteiger partial charge in [-0.15, -0.1) is 0 Å². The van der Waals surface area contributed by atoms with Crippen molar-refractivity contribution in [3.8, 4) is 0 Å². The van der Waals surface area contributed by atoms with Gasteiger partial charge in [-0.3, -0.25) is 25.0 Å². The van der Waals surface area contributed by atoms with E-state index in [0.29, 0.717) is 11.1 Å². The third kappa shape index (κ3) is 14.1. The molecule has 0 aromatic heterocycles. The molecular weight excluding hydrogens is 676 g/mol. The van der Waals surface area contributed by atoms with Gasteiger partial charge in [-0.25, -0.2) is 23.0 Å². The second kappa shape index (κ2) is 19.3. The predicted molar refractivity (Wildman–Crippen MR) is 176 cm³/mol. The number of hydrogen-bond acceptors (Lipinski definition) is 12. The number of nitrogens with one attached hydrogen (secondary N) is 3. The number of esters is 2. The standard InChI is InChI=1S/C33H36N4O12S/c1-22-13-15-26(16-14-22)50(44,45)37-27(30(40)41)17-23(2)34-31(35-32(42)48-20-46-28(38)18-24-9-5-3-6-10-24)36-33(43)49-21-47-29(39)19-25-11-7-4-8-12-25/h3-16,23,27,37H,17-21H2,1-2H3,(H,40,41)(H2,34,35,36,42,43). The van der Waals surface area contributed by atoms with Crippen LogP contribution in [0.3, 0.4) is 0 Å². The monoisotopic (exact) mass is 712 g/mol. The normalized spacial score (nSPS) is 12.0. The lowest BCUT2D eigenvalue weighted by atomic mass is 10.1. The molecule has 0 saturated carbocycles. The molecule has 2 atom stereocenters. The van der Waals surface area contributed by atoms with Gasteiger partial charge < -0.3 is 24.1 Å². The van der Waals surface area contributed by atoms with Crippen LogP contribution in [0.2, 0.25) is 0 Å². The van der Waals surface area contributed by atoms with Gasteiger partial charge >= 0.3 is 30.1 Å². The van der Waals surface area contributed by atoms with Crippen LogP contribution in [0.1, 0.15) is 30.0 Å². The Morgan fingerprint density at radius 3 is 1.62 bits per heavy atom. The maximum atomic E-state index is 12.8.